The molecule has 4 aliphatic rings. The van der Waals surface area contributed by atoms with Crippen LogP contribution in [0.15, 0.2) is 40.1 Å². The Morgan fingerprint density at radius 1 is 1.19 bits per heavy atom. The van der Waals surface area contributed by atoms with E-state index in [0.29, 0.717) is 12.6 Å². The number of nitrogens with zero attached hydrogens (tertiary/aromatic N) is 2. The second-order valence-electron chi connectivity index (χ2n) is 8.31. The maximum Gasteiger partial charge on any atom is 0.253 e. The van der Waals surface area contributed by atoms with Crippen molar-refractivity contribution in [1.82, 2.24) is 15.5 Å². The summed E-state index contributed by atoms with van der Waals surface area (Å²) in [7, 11) is 0. The third-order valence-electron chi connectivity index (χ3n) is 6.21. The lowest BCUT2D eigenvalue weighted by Crippen LogP contribution is -2.48. The molecule has 1 amide bonds. The predicted molar refractivity (Wildman–Crippen MR) is 109 cm³/mol. The van der Waals surface area contributed by atoms with Gasteiger partial charge in [-0.25, -0.2) is 4.99 Å². The zero-order chi connectivity index (χ0) is 18.6. The molecule has 0 spiro atoms. The fourth-order valence-corrected chi connectivity index (χ4v) is 4.55. The normalized spacial score (nSPS) is 26.6. The molecule has 0 aromatic heterocycles. The summed E-state index contributed by atoms with van der Waals surface area (Å²) in [6.07, 6.45) is 16.1. The Bertz CT molecular complexity index is 691. The largest absolute Gasteiger partial charge is 0.353 e. The van der Waals surface area contributed by atoms with Crippen molar-refractivity contribution in [2.24, 2.45) is 10.9 Å². The molecule has 1 atom stereocenters. The van der Waals surface area contributed by atoms with Gasteiger partial charge in [0.2, 0.25) is 0 Å². The Hall–Kier alpha value is -2.04. The number of hydrogen-bond acceptors (Lipinski definition) is 4. The molecule has 5 nitrogen and oxygen atoms in total. The highest BCUT2D eigenvalue weighted by molar-refractivity contribution is 5.97. The van der Waals surface area contributed by atoms with Crippen LogP contribution in [-0.4, -0.2) is 42.4 Å². The van der Waals surface area contributed by atoms with Crippen molar-refractivity contribution in [2.75, 3.05) is 19.6 Å². The Kier molecular flexibility index (Phi) is 5.65. The lowest BCUT2D eigenvalue weighted by molar-refractivity contribution is -0.126. The van der Waals surface area contributed by atoms with Crippen LogP contribution in [0.1, 0.15) is 58.3 Å². The highest BCUT2D eigenvalue weighted by atomic mass is 16.2. The van der Waals surface area contributed by atoms with Gasteiger partial charge in [-0.05, 0) is 39.0 Å². The zero-order valence-electron chi connectivity index (χ0n) is 16.5. The number of carbonyl (C=O) groups excluding carboxylic acids is 1. The summed E-state index contributed by atoms with van der Waals surface area (Å²) < 4.78 is 0. The van der Waals surface area contributed by atoms with Crippen molar-refractivity contribution in [1.29, 1.82) is 0 Å². The van der Waals surface area contributed by atoms with Crippen molar-refractivity contribution in [3.63, 3.8) is 0 Å². The van der Waals surface area contributed by atoms with Crippen molar-refractivity contribution >= 4 is 11.9 Å². The Morgan fingerprint density at radius 3 is 2.67 bits per heavy atom. The molecule has 1 unspecified atom stereocenters. The first kappa shape index (κ1) is 18.3. The fraction of sp³-hybridized carbons (Fsp3) is 0.636. The second kappa shape index (κ2) is 8.32. The van der Waals surface area contributed by atoms with Crippen LogP contribution in [0.25, 0.3) is 0 Å². The van der Waals surface area contributed by atoms with Crippen LogP contribution in [0.2, 0.25) is 0 Å². The van der Waals surface area contributed by atoms with E-state index in [1.165, 1.54) is 37.7 Å². The zero-order valence-corrected chi connectivity index (χ0v) is 16.5. The first-order valence-electron chi connectivity index (χ1n) is 10.7. The number of amides is 1. The van der Waals surface area contributed by atoms with E-state index in [9.17, 15) is 4.79 Å². The van der Waals surface area contributed by atoms with Gasteiger partial charge in [0.1, 0.15) is 0 Å². The van der Waals surface area contributed by atoms with Crippen LogP contribution in [0.5, 0.6) is 0 Å². The first-order valence-corrected chi connectivity index (χ1v) is 10.7. The third-order valence-corrected chi connectivity index (χ3v) is 6.21. The number of carbonyl (C=O) groups is 1. The van der Waals surface area contributed by atoms with E-state index >= 15 is 0 Å². The fourth-order valence-electron chi connectivity index (χ4n) is 4.55. The van der Waals surface area contributed by atoms with Crippen LogP contribution < -0.4 is 10.6 Å². The number of rotatable bonds is 3. The highest BCUT2D eigenvalue weighted by Crippen LogP contribution is 2.29. The molecule has 2 aliphatic heterocycles. The smallest absolute Gasteiger partial charge is 0.253 e. The van der Waals surface area contributed by atoms with Crippen LogP contribution in [0.4, 0.5) is 0 Å². The molecule has 5 heteroatoms. The molecule has 0 radical (unpaired) electrons. The van der Waals surface area contributed by atoms with E-state index in [-0.39, 0.29) is 11.8 Å². The topological polar surface area (TPSA) is 56.7 Å². The molecule has 2 fully saturated rings. The van der Waals surface area contributed by atoms with Gasteiger partial charge in [0, 0.05) is 25.0 Å². The van der Waals surface area contributed by atoms with E-state index in [1.807, 2.05) is 4.90 Å². The maximum absolute atomic E-state index is 13.1. The van der Waals surface area contributed by atoms with Crippen molar-refractivity contribution in [2.45, 2.75) is 64.3 Å². The quantitative estimate of drug-likeness (QED) is 0.804. The summed E-state index contributed by atoms with van der Waals surface area (Å²) in [4.78, 5) is 20.1. The van der Waals surface area contributed by atoms with Gasteiger partial charge < -0.3 is 15.5 Å². The number of aliphatic imine (C=N–C) groups is 1. The Balaban J connectivity index is 1.58. The van der Waals surface area contributed by atoms with Gasteiger partial charge in [0.05, 0.1) is 17.8 Å². The van der Waals surface area contributed by atoms with Crippen LogP contribution in [0.3, 0.4) is 0 Å². The second-order valence-corrected chi connectivity index (χ2v) is 8.31. The summed E-state index contributed by atoms with van der Waals surface area (Å²) in [5.41, 5.74) is 3.11. The van der Waals surface area contributed by atoms with Crippen LogP contribution >= 0.6 is 0 Å². The van der Waals surface area contributed by atoms with Crippen molar-refractivity contribution < 1.29 is 4.79 Å². The van der Waals surface area contributed by atoms with Gasteiger partial charge in [0.15, 0.2) is 5.96 Å². The van der Waals surface area contributed by atoms with E-state index in [2.05, 4.69) is 35.8 Å². The lowest BCUT2D eigenvalue weighted by atomic mass is 9.91. The van der Waals surface area contributed by atoms with Crippen LogP contribution in [0, 0.1) is 5.92 Å². The molecule has 2 aliphatic carbocycles. The minimum atomic E-state index is 0.176. The average molecular weight is 369 g/mol. The Morgan fingerprint density at radius 2 is 1.96 bits per heavy atom. The number of likely N-dealkylation sites (tertiary alicyclic amines) is 1. The molecule has 1 saturated carbocycles. The summed E-state index contributed by atoms with van der Waals surface area (Å²) in [6, 6.07) is 0.506. The van der Waals surface area contributed by atoms with Crippen molar-refractivity contribution in [3.8, 4) is 0 Å². The van der Waals surface area contributed by atoms with Gasteiger partial charge in [-0.3, -0.25) is 4.79 Å². The number of guanidine groups is 1. The van der Waals surface area contributed by atoms with E-state index in [4.69, 9.17) is 4.99 Å². The molecule has 2 heterocycles. The van der Waals surface area contributed by atoms with Gasteiger partial charge in [0.25, 0.3) is 5.91 Å². The minimum Gasteiger partial charge on any atom is -0.353 e. The maximum atomic E-state index is 13.1. The number of hydrogen-bond donors (Lipinski definition) is 2. The standard InChI is InChI=1S/C22H32N4O/c1-16-9-11-17(12-10-16)20-19(21(27)26-13-5-6-14-26)15-23-22(25-20)24-18-7-3-2-4-8-18/h9-11,17-18H,2-8,12-15H2,1H3,(H2,23,24,25). The molecular weight excluding hydrogens is 336 g/mol. The third kappa shape index (κ3) is 4.28. The molecule has 146 valence electrons. The van der Waals surface area contributed by atoms with E-state index in [0.717, 1.165) is 49.6 Å². The molecule has 1 saturated heterocycles. The van der Waals surface area contributed by atoms with Crippen molar-refractivity contribution in [3.05, 3.63) is 35.1 Å². The van der Waals surface area contributed by atoms with Gasteiger partial charge >= 0.3 is 0 Å². The number of allylic oxidation sites excluding steroid dienone is 4. The molecule has 2 N–H and O–H groups in total. The summed E-state index contributed by atoms with van der Waals surface area (Å²) >= 11 is 0. The SMILES string of the molecule is CC1=CCC(C2=C(C(=O)N3CCCC3)CNC(NC3CCCCC3)=N2)C=C1. The van der Waals surface area contributed by atoms with E-state index in [1.54, 1.807) is 0 Å². The highest BCUT2D eigenvalue weighted by Gasteiger charge is 2.30. The number of nitrogens with one attached hydrogen (secondary N) is 2. The Labute approximate surface area is 162 Å². The first-order chi connectivity index (χ1) is 13.2. The van der Waals surface area contributed by atoms with Gasteiger partial charge in [-0.2, -0.15) is 0 Å². The van der Waals surface area contributed by atoms with E-state index < -0.39 is 0 Å². The van der Waals surface area contributed by atoms with Crippen LogP contribution in [-0.2, 0) is 4.79 Å². The molecule has 0 bridgehead atoms. The molecule has 4 rings (SSSR count). The molecule has 0 aromatic rings. The summed E-state index contributed by atoms with van der Waals surface area (Å²) in [5, 5.41) is 7.00. The molecule has 0 aromatic carbocycles. The summed E-state index contributed by atoms with van der Waals surface area (Å²) in [5.74, 6) is 1.23. The van der Waals surface area contributed by atoms with Gasteiger partial charge in [-0.1, -0.05) is 43.1 Å². The molecular formula is C22H32N4O. The lowest BCUT2D eigenvalue weighted by Gasteiger charge is -2.30. The predicted octanol–water partition coefficient (Wildman–Crippen LogP) is 3.27. The molecule has 27 heavy (non-hydrogen) atoms. The monoisotopic (exact) mass is 368 g/mol. The minimum absolute atomic E-state index is 0.176. The van der Waals surface area contributed by atoms with Gasteiger partial charge in [-0.15, -0.1) is 0 Å². The average Bonchev–Trinajstić information content (AvgIpc) is 3.24. The summed E-state index contributed by atoms with van der Waals surface area (Å²) in [6.45, 7) is 4.47.